The zero-order valence-electron chi connectivity index (χ0n) is 12.0. The third-order valence-electron chi connectivity index (χ3n) is 3.97. The van der Waals surface area contributed by atoms with Crippen molar-refractivity contribution in [3.8, 4) is 5.75 Å². The lowest BCUT2D eigenvalue weighted by atomic mass is 10.0. The molecule has 1 N–H and O–H groups in total. The lowest BCUT2D eigenvalue weighted by Crippen LogP contribution is -1.96. The summed E-state index contributed by atoms with van der Waals surface area (Å²) in [4.78, 5) is 15.9. The summed E-state index contributed by atoms with van der Waals surface area (Å²) >= 11 is 0. The van der Waals surface area contributed by atoms with Crippen molar-refractivity contribution in [3.63, 3.8) is 0 Å². The number of carbonyl (C=O) groups is 1. The molecule has 4 nitrogen and oxygen atoms in total. The quantitative estimate of drug-likeness (QED) is 0.738. The molecular formula is C18H12FNO3. The maximum absolute atomic E-state index is 13.0. The predicted octanol–water partition coefficient (Wildman–Crippen LogP) is 3.34. The number of aromatic hydroxyl groups is 1. The van der Waals surface area contributed by atoms with Gasteiger partial charge in [-0.25, -0.2) is 9.18 Å². The first kappa shape index (κ1) is 13.7. The van der Waals surface area contributed by atoms with Crippen LogP contribution >= 0.6 is 0 Å². The number of pyridine rings is 1. The lowest BCUT2D eigenvalue weighted by molar-refractivity contribution is 0.0533. The Labute approximate surface area is 131 Å². The van der Waals surface area contributed by atoms with E-state index in [1.54, 1.807) is 18.3 Å². The molecule has 2 aromatic carbocycles. The summed E-state index contributed by atoms with van der Waals surface area (Å²) in [7, 11) is 0. The van der Waals surface area contributed by atoms with Crippen molar-refractivity contribution in [2.75, 3.05) is 0 Å². The van der Waals surface area contributed by atoms with Crippen LogP contribution in [0.4, 0.5) is 4.39 Å². The van der Waals surface area contributed by atoms with Gasteiger partial charge in [-0.15, -0.1) is 0 Å². The number of ether oxygens (including phenoxy) is 1. The van der Waals surface area contributed by atoms with Crippen molar-refractivity contribution >= 4 is 16.9 Å². The van der Waals surface area contributed by atoms with E-state index in [-0.39, 0.29) is 23.7 Å². The highest BCUT2D eigenvalue weighted by Crippen LogP contribution is 2.35. The van der Waals surface area contributed by atoms with Crippen molar-refractivity contribution in [1.29, 1.82) is 0 Å². The number of carbonyl (C=O) groups excluding carboxylic acids is 1. The van der Waals surface area contributed by atoms with Gasteiger partial charge in [0.2, 0.25) is 0 Å². The molecule has 0 aliphatic carbocycles. The molecule has 23 heavy (non-hydrogen) atoms. The minimum absolute atomic E-state index is 0.131. The van der Waals surface area contributed by atoms with Gasteiger partial charge in [0.15, 0.2) is 5.75 Å². The van der Waals surface area contributed by atoms with Crippen LogP contribution in [0, 0.1) is 5.82 Å². The van der Waals surface area contributed by atoms with Crippen LogP contribution in [-0.4, -0.2) is 16.1 Å². The summed E-state index contributed by atoms with van der Waals surface area (Å²) in [6, 6.07) is 10.0. The van der Waals surface area contributed by atoms with Gasteiger partial charge in [0.1, 0.15) is 23.5 Å². The molecule has 0 saturated heterocycles. The molecule has 1 aromatic heterocycles. The molecule has 0 radical (unpaired) electrons. The number of hydrogen-bond acceptors (Lipinski definition) is 4. The Morgan fingerprint density at radius 3 is 2.74 bits per heavy atom. The molecule has 114 valence electrons. The number of rotatable bonds is 2. The second kappa shape index (κ2) is 5.05. The maximum Gasteiger partial charge on any atom is 0.342 e. The van der Waals surface area contributed by atoms with Gasteiger partial charge in [-0.05, 0) is 41.8 Å². The van der Waals surface area contributed by atoms with Crippen LogP contribution in [0.25, 0.3) is 10.9 Å². The Kier molecular flexibility index (Phi) is 3.01. The Balaban J connectivity index is 1.76. The van der Waals surface area contributed by atoms with Crippen LogP contribution in [0.5, 0.6) is 5.75 Å². The van der Waals surface area contributed by atoms with Gasteiger partial charge in [-0.2, -0.15) is 0 Å². The minimum Gasteiger partial charge on any atom is -0.505 e. The number of fused-ring (bicyclic) bond motifs is 2. The third kappa shape index (κ3) is 2.30. The summed E-state index contributed by atoms with van der Waals surface area (Å²) in [5.74, 6) is -0.916. The van der Waals surface area contributed by atoms with Crippen molar-refractivity contribution < 1.29 is 19.0 Å². The highest BCUT2D eigenvalue weighted by Gasteiger charge is 2.27. The first-order valence-corrected chi connectivity index (χ1v) is 7.17. The fraction of sp³-hybridized carbons (Fsp3) is 0.111. The monoisotopic (exact) mass is 309 g/mol. The molecule has 2 heterocycles. The van der Waals surface area contributed by atoms with Crippen LogP contribution < -0.4 is 0 Å². The lowest BCUT2D eigenvalue weighted by Gasteiger charge is -2.07. The Morgan fingerprint density at radius 1 is 1.17 bits per heavy atom. The molecule has 0 atom stereocenters. The number of cyclic esters (lactones) is 1. The summed E-state index contributed by atoms with van der Waals surface area (Å²) in [6.45, 7) is 0.167. The molecule has 1 aliphatic rings. The zero-order valence-corrected chi connectivity index (χ0v) is 12.0. The van der Waals surface area contributed by atoms with E-state index in [0.29, 0.717) is 17.5 Å². The maximum atomic E-state index is 13.0. The number of esters is 1. The van der Waals surface area contributed by atoms with Gasteiger partial charge in [0.25, 0.3) is 0 Å². The number of aromatic nitrogens is 1. The molecule has 0 amide bonds. The van der Waals surface area contributed by atoms with Gasteiger partial charge in [-0.3, -0.25) is 4.98 Å². The second-order valence-electron chi connectivity index (χ2n) is 5.55. The first-order valence-electron chi connectivity index (χ1n) is 7.17. The van der Waals surface area contributed by atoms with E-state index >= 15 is 0 Å². The molecule has 5 heteroatoms. The van der Waals surface area contributed by atoms with E-state index in [1.807, 2.05) is 12.1 Å². The van der Waals surface area contributed by atoms with Gasteiger partial charge >= 0.3 is 5.97 Å². The second-order valence-corrected chi connectivity index (χ2v) is 5.55. The van der Waals surface area contributed by atoms with E-state index < -0.39 is 5.97 Å². The summed E-state index contributed by atoms with van der Waals surface area (Å²) < 4.78 is 17.9. The van der Waals surface area contributed by atoms with Crippen molar-refractivity contribution in [2.24, 2.45) is 0 Å². The summed E-state index contributed by atoms with van der Waals surface area (Å²) in [5.41, 5.74) is 3.16. The van der Waals surface area contributed by atoms with Gasteiger partial charge in [0, 0.05) is 17.1 Å². The zero-order chi connectivity index (χ0) is 16.0. The molecule has 1 aliphatic heterocycles. The number of benzene rings is 2. The van der Waals surface area contributed by atoms with E-state index in [9.17, 15) is 14.3 Å². The fourth-order valence-corrected chi connectivity index (χ4v) is 2.86. The van der Waals surface area contributed by atoms with Crippen LogP contribution in [0.2, 0.25) is 0 Å². The van der Waals surface area contributed by atoms with Gasteiger partial charge in [-0.1, -0.05) is 12.1 Å². The number of phenolic OH excluding ortho intramolecular Hbond substituents is 1. The topological polar surface area (TPSA) is 59.4 Å². The Bertz CT molecular complexity index is 935. The van der Waals surface area contributed by atoms with Gasteiger partial charge < -0.3 is 9.84 Å². The molecule has 0 spiro atoms. The molecule has 0 unspecified atom stereocenters. The van der Waals surface area contributed by atoms with E-state index in [2.05, 4.69) is 4.98 Å². The van der Waals surface area contributed by atoms with Crippen molar-refractivity contribution in [1.82, 2.24) is 4.98 Å². The van der Waals surface area contributed by atoms with E-state index in [0.717, 1.165) is 16.5 Å². The SMILES string of the molecule is O=C1OCc2cc3cc(Cc4ccc(F)cc4)cnc3c(O)c21. The van der Waals surface area contributed by atoms with Crippen LogP contribution in [0.1, 0.15) is 27.0 Å². The largest absolute Gasteiger partial charge is 0.505 e. The third-order valence-corrected chi connectivity index (χ3v) is 3.97. The standard InChI is InChI=1S/C18H12FNO3/c19-14-3-1-10(2-4-14)5-11-6-12-7-13-9-23-18(22)15(13)17(21)16(12)20-8-11/h1-4,6-8,21H,5,9H2. The van der Waals surface area contributed by atoms with Crippen LogP contribution in [-0.2, 0) is 17.8 Å². The highest BCUT2D eigenvalue weighted by atomic mass is 19.1. The molecule has 3 aromatic rings. The normalized spacial score (nSPS) is 13.2. The first-order chi connectivity index (χ1) is 11.1. The fourth-order valence-electron chi connectivity index (χ4n) is 2.86. The summed E-state index contributed by atoms with van der Waals surface area (Å²) in [5, 5.41) is 11.0. The van der Waals surface area contributed by atoms with Crippen molar-refractivity contribution in [3.05, 3.63) is 70.7 Å². The molecule has 0 bridgehead atoms. The van der Waals surface area contributed by atoms with Crippen LogP contribution in [0.3, 0.4) is 0 Å². The van der Waals surface area contributed by atoms with Crippen molar-refractivity contribution in [2.45, 2.75) is 13.0 Å². The van der Waals surface area contributed by atoms with E-state index in [4.69, 9.17) is 4.74 Å². The molecule has 0 fully saturated rings. The minimum atomic E-state index is -0.517. The molecule has 4 rings (SSSR count). The molecular weight excluding hydrogens is 297 g/mol. The Hall–Kier alpha value is -2.95. The average molecular weight is 309 g/mol. The van der Waals surface area contributed by atoms with Gasteiger partial charge in [0.05, 0.1) is 0 Å². The predicted molar refractivity (Wildman–Crippen MR) is 81.7 cm³/mol. The number of nitrogens with zero attached hydrogens (tertiary/aromatic N) is 1. The number of halogens is 1. The number of phenols is 1. The Morgan fingerprint density at radius 2 is 1.96 bits per heavy atom. The summed E-state index contributed by atoms with van der Waals surface area (Å²) in [6.07, 6.45) is 2.26. The van der Waals surface area contributed by atoms with E-state index in [1.165, 1.54) is 12.1 Å². The molecule has 0 saturated carbocycles. The average Bonchev–Trinajstić information content (AvgIpc) is 2.91. The number of hydrogen-bond donors (Lipinski definition) is 1. The van der Waals surface area contributed by atoms with Crippen LogP contribution in [0.15, 0.2) is 42.6 Å². The smallest absolute Gasteiger partial charge is 0.342 e. The highest BCUT2D eigenvalue weighted by molar-refractivity contribution is 6.03.